The average Bonchev–Trinajstić information content (AvgIpc) is 1.97. The molecule has 1 atom stereocenters. The van der Waals surface area contributed by atoms with Crippen LogP contribution in [-0.4, -0.2) is 10.8 Å². The quantitative estimate of drug-likeness (QED) is 0.692. The summed E-state index contributed by atoms with van der Waals surface area (Å²) in [6.45, 7) is 8.84. The maximum atomic E-state index is 6.09. The van der Waals surface area contributed by atoms with Gasteiger partial charge < -0.3 is 5.73 Å². The monoisotopic (exact) mass is 229 g/mol. The third-order valence-electron chi connectivity index (χ3n) is 3.68. The zero-order valence-electron chi connectivity index (χ0n) is 10.7. The first-order valence-corrected chi connectivity index (χ1v) is 6.78. The van der Waals surface area contributed by atoms with E-state index >= 15 is 0 Å². The van der Waals surface area contributed by atoms with Crippen LogP contribution in [0.3, 0.4) is 0 Å². The minimum Gasteiger partial charge on any atom is -0.326 e. The predicted octanol–water partition coefficient (Wildman–Crippen LogP) is 3.63. The molecule has 0 bridgehead atoms. The van der Waals surface area contributed by atoms with Gasteiger partial charge in [0.15, 0.2) is 0 Å². The fourth-order valence-corrected chi connectivity index (χ4v) is 3.99. The fraction of sp³-hybridized carbons (Fsp3) is 1.00. The predicted molar refractivity (Wildman–Crippen MR) is 71.4 cm³/mol. The molecule has 0 heterocycles. The molecular weight excluding hydrogens is 202 g/mol. The van der Waals surface area contributed by atoms with Crippen LogP contribution in [-0.2, 0) is 0 Å². The molecule has 1 nitrogen and oxygen atoms in total. The van der Waals surface area contributed by atoms with E-state index in [9.17, 15) is 0 Å². The normalized spacial score (nSPS) is 33.6. The average molecular weight is 229 g/mol. The van der Waals surface area contributed by atoms with Crippen molar-refractivity contribution in [3.8, 4) is 0 Å². The molecule has 0 aromatic rings. The van der Waals surface area contributed by atoms with Crippen LogP contribution in [0.25, 0.3) is 0 Å². The molecule has 1 rings (SSSR count). The first-order valence-electron chi connectivity index (χ1n) is 6.26. The summed E-state index contributed by atoms with van der Waals surface area (Å²) in [7, 11) is 0. The van der Waals surface area contributed by atoms with Crippen molar-refractivity contribution >= 4 is 12.6 Å². The molecule has 0 spiro atoms. The Hall–Kier alpha value is 0.310. The molecule has 0 aliphatic heterocycles. The summed E-state index contributed by atoms with van der Waals surface area (Å²) >= 11 is 4.83. The summed E-state index contributed by atoms with van der Waals surface area (Å²) in [5, 5.41) is 0.480. The van der Waals surface area contributed by atoms with Crippen molar-refractivity contribution in [2.75, 3.05) is 0 Å². The van der Waals surface area contributed by atoms with Crippen molar-refractivity contribution in [2.45, 2.75) is 70.6 Å². The second-order valence-corrected chi connectivity index (χ2v) is 6.96. The van der Waals surface area contributed by atoms with Crippen molar-refractivity contribution in [2.24, 2.45) is 17.1 Å². The molecule has 0 aromatic carbocycles. The molecule has 2 N–H and O–H groups in total. The van der Waals surface area contributed by atoms with Crippen molar-refractivity contribution < 1.29 is 0 Å². The van der Waals surface area contributed by atoms with E-state index in [1.807, 2.05) is 0 Å². The Morgan fingerprint density at radius 2 is 2.00 bits per heavy atom. The second kappa shape index (κ2) is 4.67. The van der Waals surface area contributed by atoms with Crippen LogP contribution in [0.5, 0.6) is 0 Å². The van der Waals surface area contributed by atoms with E-state index in [0.717, 1.165) is 12.3 Å². The maximum absolute atomic E-state index is 6.09. The number of rotatable bonds is 5. The van der Waals surface area contributed by atoms with Gasteiger partial charge in [0.1, 0.15) is 0 Å². The van der Waals surface area contributed by atoms with Gasteiger partial charge in [-0.15, -0.1) is 0 Å². The topological polar surface area (TPSA) is 26.0 Å². The Morgan fingerprint density at radius 1 is 1.47 bits per heavy atom. The Labute approximate surface area is 101 Å². The van der Waals surface area contributed by atoms with Gasteiger partial charge in [0.2, 0.25) is 0 Å². The molecule has 15 heavy (non-hydrogen) atoms. The Balaban J connectivity index is 2.57. The Bertz CT molecular complexity index is 196. The Morgan fingerprint density at radius 3 is 2.33 bits per heavy atom. The number of thiol groups is 1. The first-order chi connectivity index (χ1) is 6.79. The van der Waals surface area contributed by atoms with Gasteiger partial charge in [-0.2, -0.15) is 12.6 Å². The highest BCUT2D eigenvalue weighted by Gasteiger charge is 2.46. The first kappa shape index (κ1) is 13.4. The van der Waals surface area contributed by atoms with Crippen LogP contribution in [0.4, 0.5) is 0 Å². The molecule has 0 aromatic heterocycles. The maximum Gasteiger partial charge on any atom is 0.0108 e. The van der Waals surface area contributed by atoms with E-state index in [2.05, 4.69) is 27.7 Å². The van der Waals surface area contributed by atoms with Gasteiger partial charge >= 0.3 is 0 Å². The summed E-state index contributed by atoms with van der Waals surface area (Å²) in [4.78, 5) is 0. The zero-order valence-corrected chi connectivity index (χ0v) is 11.6. The molecule has 1 saturated carbocycles. The summed E-state index contributed by atoms with van der Waals surface area (Å²) in [5.41, 5.74) is 6.51. The van der Waals surface area contributed by atoms with Gasteiger partial charge in [-0.25, -0.2) is 0 Å². The van der Waals surface area contributed by atoms with E-state index < -0.39 is 0 Å². The zero-order chi connectivity index (χ0) is 11.7. The van der Waals surface area contributed by atoms with Gasteiger partial charge in [-0.3, -0.25) is 0 Å². The lowest BCUT2D eigenvalue weighted by molar-refractivity contribution is 0.0452. The highest BCUT2D eigenvalue weighted by molar-refractivity contribution is 7.81. The minimum absolute atomic E-state index is 0.0774. The molecule has 1 aliphatic carbocycles. The smallest absolute Gasteiger partial charge is 0.0108 e. The van der Waals surface area contributed by atoms with E-state index in [-0.39, 0.29) is 5.54 Å². The fourth-order valence-electron chi connectivity index (χ4n) is 3.18. The van der Waals surface area contributed by atoms with Crippen LogP contribution in [0.2, 0.25) is 0 Å². The number of hydrogen-bond donors (Lipinski definition) is 2. The molecule has 1 fully saturated rings. The van der Waals surface area contributed by atoms with Crippen molar-refractivity contribution in [3.63, 3.8) is 0 Å². The highest BCUT2D eigenvalue weighted by Crippen LogP contribution is 2.54. The lowest BCUT2D eigenvalue weighted by Gasteiger charge is -2.51. The molecule has 1 unspecified atom stereocenters. The van der Waals surface area contributed by atoms with Gasteiger partial charge in [0.05, 0.1) is 0 Å². The highest BCUT2D eigenvalue weighted by atomic mass is 32.1. The largest absolute Gasteiger partial charge is 0.326 e. The van der Waals surface area contributed by atoms with Crippen molar-refractivity contribution in [1.82, 2.24) is 0 Å². The van der Waals surface area contributed by atoms with E-state index in [0.29, 0.717) is 10.7 Å². The minimum atomic E-state index is -0.0774. The molecule has 0 saturated heterocycles. The van der Waals surface area contributed by atoms with Crippen LogP contribution in [0.1, 0.15) is 59.8 Å². The van der Waals surface area contributed by atoms with Crippen molar-refractivity contribution in [3.05, 3.63) is 0 Å². The van der Waals surface area contributed by atoms with E-state index in [4.69, 9.17) is 18.4 Å². The van der Waals surface area contributed by atoms with Gasteiger partial charge in [0, 0.05) is 10.8 Å². The van der Waals surface area contributed by atoms with Crippen molar-refractivity contribution in [1.29, 1.82) is 0 Å². The van der Waals surface area contributed by atoms with Crippen LogP contribution >= 0.6 is 12.6 Å². The second-order valence-electron chi connectivity index (χ2n) is 6.33. The molecule has 0 amide bonds. The molecule has 0 radical (unpaired) electrons. The summed E-state index contributed by atoms with van der Waals surface area (Å²) < 4.78 is 0. The molecular formula is C13H27NS. The van der Waals surface area contributed by atoms with Gasteiger partial charge in [-0.1, -0.05) is 20.3 Å². The van der Waals surface area contributed by atoms with E-state index in [1.54, 1.807) is 0 Å². The third kappa shape index (κ3) is 3.39. The third-order valence-corrected chi connectivity index (χ3v) is 4.41. The molecule has 2 heteroatoms. The van der Waals surface area contributed by atoms with Crippen LogP contribution in [0, 0.1) is 11.3 Å². The number of nitrogens with two attached hydrogens (primary N) is 1. The summed E-state index contributed by atoms with van der Waals surface area (Å²) in [6, 6.07) is 0. The summed E-state index contributed by atoms with van der Waals surface area (Å²) in [6.07, 6.45) is 6.33. The Kier molecular flexibility index (Phi) is 4.16. The van der Waals surface area contributed by atoms with Gasteiger partial charge in [-0.05, 0) is 50.9 Å². The molecule has 90 valence electrons. The van der Waals surface area contributed by atoms with Crippen LogP contribution < -0.4 is 5.73 Å². The van der Waals surface area contributed by atoms with Gasteiger partial charge in [0.25, 0.3) is 0 Å². The summed E-state index contributed by atoms with van der Waals surface area (Å²) in [5.74, 6) is 0.895. The SMILES string of the molecule is CCCC1(C(S)CC(C)(C)N)CC(C)C1. The van der Waals surface area contributed by atoms with E-state index in [1.165, 1.54) is 25.7 Å². The number of hydrogen-bond acceptors (Lipinski definition) is 2. The van der Waals surface area contributed by atoms with Crippen LogP contribution in [0.15, 0.2) is 0 Å². The lowest BCUT2D eigenvalue weighted by atomic mass is 9.57. The standard InChI is InChI=1S/C13H27NS/c1-5-6-13(7-10(2)8-13)11(15)9-12(3,4)14/h10-11,15H,5-9,14H2,1-4H3. The molecule has 1 aliphatic rings. The lowest BCUT2D eigenvalue weighted by Crippen LogP contribution is -2.47.